The third-order valence-corrected chi connectivity index (χ3v) is 3.30. The molecule has 0 saturated heterocycles. The number of likely N-dealkylation sites (N-methyl/N-ethyl adjacent to an activating group) is 1. The molecular weight excluding hydrogens is 276 g/mol. The van der Waals surface area contributed by atoms with E-state index in [1.165, 1.54) is 4.90 Å². The molecule has 0 aliphatic heterocycles. The summed E-state index contributed by atoms with van der Waals surface area (Å²) in [7, 11) is 0. The van der Waals surface area contributed by atoms with Crippen LogP contribution in [-0.4, -0.2) is 18.4 Å². The van der Waals surface area contributed by atoms with E-state index in [0.29, 0.717) is 17.9 Å². The van der Waals surface area contributed by atoms with Gasteiger partial charge in [-0.3, -0.25) is 9.59 Å². The van der Waals surface area contributed by atoms with Crippen molar-refractivity contribution >= 4 is 23.2 Å². The van der Waals surface area contributed by atoms with Gasteiger partial charge in [-0.2, -0.15) is 0 Å². The fraction of sp³-hybridized carbons (Fsp3) is 0.222. The zero-order valence-electron chi connectivity index (χ0n) is 13.1. The summed E-state index contributed by atoms with van der Waals surface area (Å²) in [6, 6.07) is 14.9. The van der Waals surface area contributed by atoms with Crippen LogP contribution >= 0.6 is 0 Å². The predicted octanol–water partition coefficient (Wildman–Crippen LogP) is 3.30. The summed E-state index contributed by atoms with van der Waals surface area (Å²) in [5, 5.41) is 2.68. The fourth-order valence-electron chi connectivity index (χ4n) is 2.41. The molecule has 2 aromatic carbocycles. The minimum absolute atomic E-state index is 0.434. The van der Waals surface area contributed by atoms with Crippen LogP contribution in [0.25, 0.3) is 0 Å². The second-order valence-corrected chi connectivity index (χ2v) is 5.22. The molecule has 2 aromatic rings. The second kappa shape index (κ2) is 6.89. The fourth-order valence-corrected chi connectivity index (χ4v) is 2.41. The van der Waals surface area contributed by atoms with E-state index in [9.17, 15) is 9.59 Å². The zero-order chi connectivity index (χ0) is 16.1. The van der Waals surface area contributed by atoms with Crippen LogP contribution in [0.2, 0.25) is 0 Å². The molecule has 114 valence electrons. The summed E-state index contributed by atoms with van der Waals surface area (Å²) in [5.74, 6) is -1.19. The van der Waals surface area contributed by atoms with E-state index in [4.69, 9.17) is 0 Å². The molecule has 22 heavy (non-hydrogen) atoms. The van der Waals surface area contributed by atoms with Gasteiger partial charge in [0.05, 0.1) is 0 Å². The van der Waals surface area contributed by atoms with Crippen molar-refractivity contribution in [2.45, 2.75) is 20.8 Å². The molecule has 2 amide bonds. The Morgan fingerprint density at radius 2 is 1.59 bits per heavy atom. The normalized spacial score (nSPS) is 10.1. The number of rotatable bonds is 3. The third kappa shape index (κ3) is 3.73. The van der Waals surface area contributed by atoms with E-state index in [1.807, 2.05) is 69.3 Å². The monoisotopic (exact) mass is 296 g/mol. The van der Waals surface area contributed by atoms with E-state index in [-0.39, 0.29) is 0 Å². The number of carbonyl (C=O) groups excluding carboxylic acids is 2. The maximum Gasteiger partial charge on any atom is 0.316 e. The number of hydrogen-bond acceptors (Lipinski definition) is 2. The number of aryl methyl sites for hydroxylation is 2. The molecule has 2 rings (SSSR count). The summed E-state index contributed by atoms with van der Waals surface area (Å²) in [4.78, 5) is 26.0. The van der Waals surface area contributed by atoms with Crippen LogP contribution in [-0.2, 0) is 9.59 Å². The Kier molecular flexibility index (Phi) is 4.94. The first-order valence-electron chi connectivity index (χ1n) is 7.27. The lowest BCUT2D eigenvalue weighted by Crippen LogP contribution is -2.39. The van der Waals surface area contributed by atoms with E-state index in [2.05, 4.69) is 5.32 Å². The lowest BCUT2D eigenvalue weighted by Gasteiger charge is -2.20. The van der Waals surface area contributed by atoms with Gasteiger partial charge < -0.3 is 10.2 Å². The van der Waals surface area contributed by atoms with Crippen LogP contribution in [0.5, 0.6) is 0 Å². The van der Waals surface area contributed by atoms with Crippen molar-refractivity contribution < 1.29 is 9.59 Å². The lowest BCUT2D eigenvalue weighted by molar-refractivity contribution is -0.134. The van der Waals surface area contributed by atoms with Crippen LogP contribution in [0.15, 0.2) is 48.5 Å². The molecule has 0 bridgehead atoms. The van der Waals surface area contributed by atoms with E-state index in [0.717, 1.165) is 11.1 Å². The van der Waals surface area contributed by atoms with Gasteiger partial charge in [0.1, 0.15) is 0 Å². The van der Waals surface area contributed by atoms with E-state index >= 15 is 0 Å². The summed E-state index contributed by atoms with van der Waals surface area (Å²) in [5.41, 5.74) is 3.43. The van der Waals surface area contributed by atoms with Gasteiger partial charge in [-0.1, -0.05) is 24.3 Å². The standard InChI is InChI=1S/C18H20N2O2/c1-4-20(16-8-6-5-7-9-16)18(22)17(21)19-15-11-13(2)10-14(3)12-15/h5-12H,4H2,1-3H3,(H,19,21). The minimum Gasteiger partial charge on any atom is -0.318 e. The highest BCUT2D eigenvalue weighted by Gasteiger charge is 2.22. The summed E-state index contributed by atoms with van der Waals surface area (Å²) in [6.45, 7) is 6.18. The maximum absolute atomic E-state index is 12.4. The van der Waals surface area contributed by atoms with Gasteiger partial charge in [0.2, 0.25) is 0 Å². The van der Waals surface area contributed by atoms with Crippen LogP contribution in [0.4, 0.5) is 11.4 Å². The number of anilines is 2. The molecule has 0 saturated carbocycles. The van der Waals surface area contributed by atoms with Crippen LogP contribution in [0.3, 0.4) is 0 Å². The van der Waals surface area contributed by atoms with Crippen molar-refractivity contribution in [3.63, 3.8) is 0 Å². The predicted molar refractivity (Wildman–Crippen MR) is 89.0 cm³/mol. The summed E-state index contributed by atoms with van der Waals surface area (Å²) in [6.07, 6.45) is 0. The van der Waals surface area contributed by atoms with Crippen LogP contribution in [0.1, 0.15) is 18.1 Å². The largest absolute Gasteiger partial charge is 0.318 e. The van der Waals surface area contributed by atoms with Crippen LogP contribution < -0.4 is 10.2 Å². The highest BCUT2D eigenvalue weighted by Crippen LogP contribution is 2.16. The zero-order valence-corrected chi connectivity index (χ0v) is 13.1. The first kappa shape index (κ1) is 15.8. The highest BCUT2D eigenvalue weighted by atomic mass is 16.2. The molecule has 0 atom stereocenters. The smallest absolute Gasteiger partial charge is 0.316 e. The van der Waals surface area contributed by atoms with Gasteiger partial charge in [0.25, 0.3) is 0 Å². The Labute approximate surface area is 130 Å². The van der Waals surface area contributed by atoms with Gasteiger partial charge in [-0.15, -0.1) is 0 Å². The van der Waals surface area contributed by atoms with Crippen molar-refractivity contribution in [3.8, 4) is 0 Å². The maximum atomic E-state index is 12.4. The molecule has 0 radical (unpaired) electrons. The number of para-hydroxylation sites is 1. The highest BCUT2D eigenvalue weighted by molar-refractivity contribution is 6.44. The molecule has 0 aromatic heterocycles. The first-order valence-corrected chi connectivity index (χ1v) is 7.27. The van der Waals surface area contributed by atoms with Crippen molar-refractivity contribution in [2.24, 2.45) is 0 Å². The Morgan fingerprint density at radius 3 is 2.14 bits per heavy atom. The van der Waals surface area contributed by atoms with Crippen molar-refractivity contribution in [1.82, 2.24) is 0 Å². The SMILES string of the molecule is CCN(C(=O)C(=O)Nc1cc(C)cc(C)c1)c1ccccc1. The molecule has 0 spiro atoms. The van der Waals surface area contributed by atoms with Crippen LogP contribution in [0, 0.1) is 13.8 Å². The molecule has 0 fully saturated rings. The Morgan fingerprint density at radius 1 is 1.00 bits per heavy atom. The number of benzene rings is 2. The average Bonchev–Trinajstić information content (AvgIpc) is 2.47. The van der Waals surface area contributed by atoms with E-state index < -0.39 is 11.8 Å². The number of amides is 2. The number of nitrogens with one attached hydrogen (secondary N) is 1. The van der Waals surface area contributed by atoms with Crippen molar-refractivity contribution in [2.75, 3.05) is 16.8 Å². The van der Waals surface area contributed by atoms with Gasteiger partial charge >= 0.3 is 11.8 Å². The Bertz CT molecular complexity index is 660. The average molecular weight is 296 g/mol. The van der Waals surface area contributed by atoms with Crippen molar-refractivity contribution in [3.05, 3.63) is 59.7 Å². The molecule has 4 nitrogen and oxygen atoms in total. The molecule has 0 aliphatic carbocycles. The topological polar surface area (TPSA) is 49.4 Å². The molecule has 0 aliphatic rings. The molecule has 0 heterocycles. The second-order valence-electron chi connectivity index (χ2n) is 5.22. The molecule has 1 N–H and O–H groups in total. The molecule has 4 heteroatoms. The molecule has 0 unspecified atom stereocenters. The van der Waals surface area contributed by atoms with Gasteiger partial charge in [0, 0.05) is 17.9 Å². The quantitative estimate of drug-likeness (QED) is 0.884. The first-order chi connectivity index (χ1) is 10.5. The Balaban J connectivity index is 2.16. The van der Waals surface area contributed by atoms with Crippen molar-refractivity contribution in [1.29, 1.82) is 0 Å². The van der Waals surface area contributed by atoms with Gasteiger partial charge in [0.15, 0.2) is 0 Å². The van der Waals surface area contributed by atoms with Gasteiger partial charge in [-0.05, 0) is 56.2 Å². The van der Waals surface area contributed by atoms with E-state index in [1.54, 1.807) is 0 Å². The minimum atomic E-state index is -0.629. The number of carbonyl (C=O) groups is 2. The third-order valence-electron chi connectivity index (χ3n) is 3.30. The number of nitrogens with zero attached hydrogens (tertiary/aromatic N) is 1. The summed E-state index contributed by atoms with van der Waals surface area (Å²) >= 11 is 0. The lowest BCUT2D eigenvalue weighted by atomic mass is 10.1. The summed E-state index contributed by atoms with van der Waals surface area (Å²) < 4.78 is 0. The molecular formula is C18H20N2O2. The number of hydrogen-bond donors (Lipinski definition) is 1. The van der Waals surface area contributed by atoms with Gasteiger partial charge in [-0.25, -0.2) is 0 Å². The Hall–Kier alpha value is -2.62.